The van der Waals surface area contributed by atoms with E-state index in [0.29, 0.717) is 21.7 Å². The smallest absolute Gasteiger partial charge is 0.266 e. The molecule has 4 aromatic rings. The Hall–Kier alpha value is -3.91. The lowest BCUT2D eigenvalue weighted by Gasteiger charge is -2.28. The fourth-order valence-corrected chi connectivity index (χ4v) is 5.08. The number of carbonyl (C=O) groups excluding carboxylic acids is 1. The van der Waals surface area contributed by atoms with Gasteiger partial charge in [-0.15, -0.1) is 0 Å². The van der Waals surface area contributed by atoms with E-state index in [1.165, 1.54) is 36.7 Å². The van der Waals surface area contributed by atoms with Crippen LogP contribution < -0.4 is 15.9 Å². The van der Waals surface area contributed by atoms with E-state index in [0.717, 1.165) is 18.7 Å². The second-order valence-electron chi connectivity index (χ2n) is 8.61. The van der Waals surface area contributed by atoms with Crippen LogP contribution in [0.2, 0.25) is 0 Å². The molecule has 0 aliphatic carbocycles. The zero-order chi connectivity index (χ0) is 24.7. The van der Waals surface area contributed by atoms with Crippen LogP contribution in [0.15, 0.2) is 93.9 Å². The third kappa shape index (κ3) is 5.49. The van der Waals surface area contributed by atoms with E-state index in [1.807, 2.05) is 54.6 Å². The maximum atomic E-state index is 13.2. The summed E-state index contributed by atoms with van der Waals surface area (Å²) in [5.41, 5.74) is 5.85. The molecular formula is C28H27N5O2S. The van der Waals surface area contributed by atoms with E-state index in [4.69, 9.17) is 0 Å². The Bertz CT molecular complexity index is 1430. The summed E-state index contributed by atoms with van der Waals surface area (Å²) in [5.74, 6) is -0.203. The molecule has 1 N–H and O–H groups in total. The number of para-hydroxylation sites is 2. The Morgan fingerprint density at radius 3 is 2.42 bits per heavy atom. The molecule has 0 spiro atoms. The summed E-state index contributed by atoms with van der Waals surface area (Å²) in [7, 11) is 0. The summed E-state index contributed by atoms with van der Waals surface area (Å²) in [5, 5.41) is 5.09. The molecule has 2 heterocycles. The van der Waals surface area contributed by atoms with Gasteiger partial charge in [-0.05, 0) is 61.2 Å². The van der Waals surface area contributed by atoms with Crippen molar-refractivity contribution in [3.8, 4) is 5.69 Å². The summed E-state index contributed by atoms with van der Waals surface area (Å²) in [6, 6.07) is 24.8. The molecule has 1 aromatic heterocycles. The van der Waals surface area contributed by atoms with Crippen molar-refractivity contribution >= 4 is 40.5 Å². The van der Waals surface area contributed by atoms with Crippen LogP contribution in [0.3, 0.4) is 0 Å². The number of nitrogens with zero attached hydrogens (tertiary/aromatic N) is 4. The number of hydrogen-bond acceptors (Lipinski definition) is 6. The van der Waals surface area contributed by atoms with Crippen LogP contribution in [0.4, 0.5) is 5.69 Å². The monoisotopic (exact) mass is 497 g/mol. The number of piperidine rings is 1. The molecule has 8 heteroatoms. The third-order valence-corrected chi connectivity index (χ3v) is 7.05. The topological polar surface area (TPSA) is 79.6 Å². The molecule has 182 valence electrons. The molecule has 0 atom stereocenters. The van der Waals surface area contributed by atoms with E-state index < -0.39 is 0 Å². The number of aromatic nitrogens is 2. The Balaban J connectivity index is 1.25. The molecule has 0 unspecified atom stereocenters. The summed E-state index contributed by atoms with van der Waals surface area (Å²) in [6.45, 7) is 2.21. The molecule has 36 heavy (non-hydrogen) atoms. The molecule has 1 fully saturated rings. The van der Waals surface area contributed by atoms with E-state index in [9.17, 15) is 9.59 Å². The lowest BCUT2D eigenvalue weighted by molar-refractivity contribution is -0.118. The van der Waals surface area contributed by atoms with Crippen molar-refractivity contribution in [2.75, 3.05) is 23.7 Å². The molecule has 3 aromatic carbocycles. The van der Waals surface area contributed by atoms with Crippen LogP contribution >= 0.6 is 11.8 Å². The van der Waals surface area contributed by atoms with E-state index >= 15 is 0 Å². The van der Waals surface area contributed by atoms with Crippen molar-refractivity contribution in [2.24, 2.45) is 5.10 Å². The van der Waals surface area contributed by atoms with Gasteiger partial charge in [0.1, 0.15) is 0 Å². The first-order chi connectivity index (χ1) is 17.7. The van der Waals surface area contributed by atoms with Gasteiger partial charge in [0.2, 0.25) is 0 Å². The quantitative estimate of drug-likeness (QED) is 0.174. The second kappa shape index (κ2) is 11.2. The Morgan fingerprint density at radius 1 is 0.917 bits per heavy atom. The van der Waals surface area contributed by atoms with Crippen LogP contribution in [-0.2, 0) is 4.79 Å². The summed E-state index contributed by atoms with van der Waals surface area (Å²) in [6.07, 6.45) is 5.42. The van der Waals surface area contributed by atoms with Crippen molar-refractivity contribution in [3.05, 3.63) is 94.8 Å². The maximum Gasteiger partial charge on any atom is 0.266 e. The first-order valence-corrected chi connectivity index (χ1v) is 13.0. The second-order valence-corrected chi connectivity index (χ2v) is 9.55. The van der Waals surface area contributed by atoms with Gasteiger partial charge in [-0.2, -0.15) is 5.10 Å². The normalized spacial score (nSPS) is 13.8. The van der Waals surface area contributed by atoms with Crippen LogP contribution in [0.25, 0.3) is 16.6 Å². The fourth-order valence-electron chi connectivity index (χ4n) is 4.28. The van der Waals surface area contributed by atoms with Gasteiger partial charge in [0, 0.05) is 18.8 Å². The average molecular weight is 498 g/mol. The largest absolute Gasteiger partial charge is 0.372 e. The Kier molecular flexibility index (Phi) is 7.42. The summed E-state index contributed by atoms with van der Waals surface area (Å²) < 4.78 is 1.55. The molecule has 7 nitrogen and oxygen atoms in total. The van der Waals surface area contributed by atoms with E-state index in [2.05, 4.69) is 32.5 Å². The van der Waals surface area contributed by atoms with Gasteiger partial charge in [-0.1, -0.05) is 54.2 Å². The first kappa shape index (κ1) is 23.8. The van der Waals surface area contributed by atoms with Crippen molar-refractivity contribution in [1.29, 1.82) is 0 Å². The fraction of sp³-hybridized carbons (Fsp3) is 0.214. The highest BCUT2D eigenvalue weighted by Gasteiger charge is 2.14. The number of amides is 1. The van der Waals surface area contributed by atoms with Gasteiger partial charge >= 0.3 is 0 Å². The molecule has 1 saturated heterocycles. The number of hydrogen-bond donors (Lipinski definition) is 1. The van der Waals surface area contributed by atoms with Crippen LogP contribution in [-0.4, -0.2) is 40.5 Å². The van der Waals surface area contributed by atoms with E-state index in [1.54, 1.807) is 22.9 Å². The number of carbonyl (C=O) groups is 1. The SMILES string of the molecule is O=C(CSc1nc2ccccc2c(=O)n1-c1ccccc1)N/N=C/c1ccc(N2CCCCC2)cc1. The zero-order valence-electron chi connectivity index (χ0n) is 19.8. The number of thioether (sulfide) groups is 1. The minimum atomic E-state index is -0.275. The molecule has 0 bridgehead atoms. The molecular weight excluding hydrogens is 470 g/mol. The van der Waals surface area contributed by atoms with Gasteiger partial charge < -0.3 is 4.90 Å². The lowest BCUT2D eigenvalue weighted by Crippen LogP contribution is -2.29. The molecule has 5 rings (SSSR count). The van der Waals surface area contributed by atoms with Gasteiger partial charge in [0.25, 0.3) is 11.5 Å². The number of hydrazone groups is 1. The molecule has 1 amide bonds. The predicted molar refractivity (Wildman–Crippen MR) is 146 cm³/mol. The predicted octanol–water partition coefficient (Wildman–Crippen LogP) is 4.62. The van der Waals surface area contributed by atoms with Gasteiger partial charge in [0.05, 0.1) is 28.6 Å². The van der Waals surface area contributed by atoms with Crippen molar-refractivity contribution in [1.82, 2.24) is 15.0 Å². The van der Waals surface area contributed by atoms with Crippen LogP contribution in [0.5, 0.6) is 0 Å². The van der Waals surface area contributed by atoms with Gasteiger partial charge in [-0.3, -0.25) is 14.2 Å². The lowest BCUT2D eigenvalue weighted by atomic mass is 10.1. The average Bonchev–Trinajstić information content (AvgIpc) is 2.93. The number of anilines is 1. The minimum Gasteiger partial charge on any atom is -0.372 e. The highest BCUT2D eigenvalue weighted by atomic mass is 32.2. The third-order valence-electron chi connectivity index (χ3n) is 6.11. The van der Waals surface area contributed by atoms with Crippen LogP contribution in [0.1, 0.15) is 24.8 Å². The van der Waals surface area contributed by atoms with Crippen molar-refractivity contribution < 1.29 is 4.79 Å². The molecule has 1 aliphatic rings. The summed E-state index contributed by atoms with van der Waals surface area (Å²) >= 11 is 1.20. The maximum absolute atomic E-state index is 13.2. The highest BCUT2D eigenvalue weighted by Crippen LogP contribution is 2.22. The van der Waals surface area contributed by atoms with Crippen LogP contribution in [0, 0.1) is 0 Å². The van der Waals surface area contributed by atoms with Crippen molar-refractivity contribution in [2.45, 2.75) is 24.4 Å². The first-order valence-electron chi connectivity index (χ1n) is 12.1. The molecule has 0 radical (unpaired) electrons. The number of rotatable bonds is 7. The van der Waals surface area contributed by atoms with Gasteiger partial charge in [-0.25, -0.2) is 10.4 Å². The number of fused-ring (bicyclic) bond motifs is 1. The number of benzene rings is 3. The Labute approximate surface area is 213 Å². The highest BCUT2D eigenvalue weighted by molar-refractivity contribution is 7.99. The minimum absolute atomic E-state index is 0.0723. The molecule has 0 saturated carbocycles. The summed E-state index contributed by atoms with van der Waals surface area (Å²) in [4.78, 5) is 32.8. The zero-order valence-corrected chi connectivity index (χ0v) is 20.7. The standard InChI is InChI=1S/C28H27N5O2S/c34-26(31-29-19-21-13-15-22(16-14-21)32-17-7-2-8-18-32)20-36-28-30-25-12-6-5-11-24(25)27(35)33(28)23-9-3-1-4-10-23/h1,3-6,9-16,19H,2,7-8,17-18,20H2,(H,31,34)/b29-19+. The van der Waals surface area contributed by atoms with Gasteiger partial charge in [0.15, 0.2) is 5.16 Å². The Morgan fingerprint density at radius 2 is 1.64 bits per heavy atom. The van der Waals surface area contributed by atoms with Crippen molar-refractivity contribution in [3.63, 3.8) is 0 Å². The van der Waals surface area contributed by atoms with E-state index in [-0.39, 0.29) is 17.2 Å². The molecule has 1 aliphatic heterocycles. The number of nitrogens with one attached hydrogen (secondary N) is 1.